The largest absolute Gasteiger partial charge is 0.478 e. The zero-order chi connectivity index (χ0) is 19.7. The van der Waals surface area contributed by atoms with Gasteiger partial charge in [0.25, 0.3) is 0 Å². The SMILES string of the molecule is O=C(O)c1cc2c3c(c1)C1C=CCC1C(c1ccc(F)cc1)N3CC1CC=CC21. The third kappa shape index (κ3) is 2.38. The monoisotopic (exact) mass is 387 g/mol. The van der Waals surface area contributed by atoms with Gasteiger partial charge in [0.05, 0.1) is 11.6 Å². The Bertz CT molecular complexity index is 1050. The Labute approximate surface area is 169 Å². The Morgan fingerprint density at radius 3 is 2.45 bits per heavy atom. The van der Waals surface area contributed by atoms with Gasteiger partial charge in [-0.05, 0) is 65.6 Å². The van der Waals surface area contributed by atoms with E-state index in [4.69, 9.17) is 0 Å². The summed E-state index contributed by atoms with van der Waals surface area (Å²) in [5.41, 5.74) is 5.05. The summed E-state index contributed by atoms with van der Waals surface area (Å²) in [6.45, 7) is 0.954. The van der Waals surface area contributed by atoms with Crippen LogP contribution in [0.15, 0.2) is 60.7 Å². The van der Waals surface area contributed by atoms with E-state index in [0.717, 1.165) is 36.1 Å². The summed E-state index contributed by atoms with van der Waals surface area (Å²) in [6.07, 6.45) is 11.0. The standard InChI is InChI=1S/C25H22FNO2/c26-17-9-7-14(8-10-17)23-20-6-2-5-19(20)22-12-16(25(28)29)11-21-18-4-1-3-15(18)13-27(23)24(21)22/h1-2,4-5,7-12,15,18-20,23H,3,6,13H2,(H,28,29). The van der Waals surface area contributed by atoms with Gasteiger partial charge in [0.1, 0.15) is 5.82 Å². The van der Waals surface area contributed by atoms with E-state index in [1.54, 1.807) is 12.1 Å². The smallest absolute Gasteiger partial charge is 0.335 e. The van der Waals surface area contributed by atoms with Gasteiger partial charge in [0.2, 0.25) is 0 Å². The van der Waals surface area contributed by atoms with Gasteiger partial charge in [0.15, 0.2) is 0 Å². The second kappa shape index (κ2) is 6.06. The number of rotatable bonds is 2. The molecule has 0 spiro atoms. The third-order valence-electron chi connectivity index (χ3n) is 7.31. The molecule has 29 heavy (non-hydrogen) atoms. The van der Waals surface area contributed by atoms with E-state index in [2.05, 4.69) is 29.2 Å². The number of fused-ring (bicyclic) bond motifs is 4. The van der Waals surface area contributed by atoms with Crippen molar-refractivity contribution in [1.82, 2.24) is 0 Å². The molecule has 0 saturated carbocycles. The van der Waals surface area contributed by atoms with Crippen LogP contribution in [0.3, 0.4) is 0 Å². The fourth-order valence-electron chi connectivity index (χ4n) is 6.14. The maximum absolute atomic E-state index is 13.6. The molecule has 0 radical (unpaired) electrons. The van der Waals surface area contributed by atoms with Gasteiger partial charge in [-0.25, -0.2) is 9.18 Å². The summed E-state index contributed by atoms with van der Waals surface area (Å²) >= 11 is 0. The van der Waals surface area contributed by atoms with Crippen LogP contribution < -0.4 is 4.90 Å². The molecule has 0 amide bonds. The lowest BCUT2D eigenvalue weighted by Crippen LogP contribution is -2.46. The summed E-state index contributed by atoms with van der Waals surface area (Å²) in [7, 11) is 0. The molecule has 4 heteroatoms. The van der Waals surface area contributed by atoms with Crippen LogP contribution in [0.2, 0.25) is 0 Å². The molecule has 2 aliphatic carbocycles. The molecule has 2 aliphatic heterocycles. The number of allylic oxidation sites excluding steroid dienone is 4. The van der Waals surface area contributed by atoms with Gasteiger partial charge < -0.3 is 10.0 Å². The van der Waals surface area contributed by atoms with Crippen molar-refractivity contribution in [3.8, 4) is 0 Å². The van der Waals surface area contributed by atoms with Crippen LogP contribution in [0, 0.1) is 17.7 Å². The van der Waals surface area contributed by atoms with Crippen molar-refractivity contribution in [3.63, 3.8) is 0 Å². The molecule has 1 N–H and O–H groups in total. The van der Waals surface area contributed by atoms with Crippen LogP contribution in [0.25, 0.3) is 0 Å². The zero-order valence-electron chi connectivity index (χ0n) is 16.0. The summed E-state index contributed by atoms with van der Waals surface area (Å²) in [5.74, 6) is 0.228. The molecule has 2 aromatic rings. The minimum Gasteiger partial charge on any atom is -0.478 e. The highest BCUT2D eigenvalue weighted by atomic mass is 19.1. The molecule has 0 fully saturated rings. The van der Waals surface area contributed by atoms with Gasteiger partial charge in [-0.15, -0.1) is 0 Å². The fraction of sp³-hybridized carbons (Fsp3) is 0.320. The van der Waals surface area contributed by atoms with Gasteiger partial charge in [-0.3, -0.25) is 0 Å². The number of hydrogen-bond acceptors (Lipinski definition) is 2. The summed E-state index contributed by atoms with van der Waals surface area (Å²) in [5, 5.41) is 9.74. The minimum atomic E-state index is -0.862. The van der Waals surface area contributed by atoms with Crippen molar-refractivity contribution in [1.29, 1.82) is 0 Å². The van der Waals surface area contributed by atoms with Crippen LogP contribution in [-0.2, 0) is 0 Å². The molecule has 6 rings (SSSR count). The molecule has 4 aliphatic rings. The summed E-state index contributed by atoms with van der Waals surface area (Å²) in [6, 6.07) is 10.9. The van der Waals surface area contributed by atoms with Crippen LogP contribution in [0.4, 0.5) is 10.1 Å². The van der Waals surface area contributed by atoms with Crippen LogP contribution in [-0.4, -0.2) is 17.6 Å². The molecule has 5 unspecified atom stereocenters. The maximum Gasteiger partial charge on any atom is 0.335 e. The molecule has 0 aromatic heterocycles. The quantitative estimate of drug-likeness (QED) is 0.700. The van der Waals surface area contributed by atoms with E-state index in [9.17, 15) is 14.3 Å². The number of hydrogen-bond donors (Lipinski definition) is 1. The Kier molecular flexibility index (Phi) is 3.55. The Hall–Kier alpha value is -2.88. The lowest BCUT2D eigenvalue weighted by molar-refractivity contribution is 0.0696. The van der Waals surface area contributed by atoms with E-state index in [1.165, 1.54) is 5.69 Å². The predicted octanol–water partition coefficient (Wildman–Crippen LogP) is 5.42. The number of anilines is 1. The van der Waals surface area contributed by atoms with Gasteiger partial charge in [-0.1, -0.05) is 36.4 Å². The minimum absolute atomic E-state index is 0.180. The molecular formula is C25H22FNO2. The average molecular weight is 387 g/mol. The molecule has 0 bridgehead atoms. The zero-order valence-corrected chi connectivity index (χ0v) is 16.0. The Morgan fingerprint density at radius 1 is 1.00 bits per heavy atom. The first-order valence-electron chi connectivity index (χ1n) is 10.4. The van der Waals surface area contributed by atoms with Crippen molar-refractivity contribution in [2.75, 3.05) is 11.4 Å². The fourth-order valence-corrected chi connectivity index (χ4v) is 6.14. The first kappa shape index (κ1) is 17.0. The Balaban J connectivity index is 1.59. The highest BCUT2D eigenvalue weighted by molar-refractivity contribution is 5.90. The average Bonchev–Trinajstić information content (AvgIpc) is 3.38. The number of carboxylic acid groups (broad SMARTS) is 1. The van der Waals surface area contributed by atoms with Crippen LogP contribution >= 0.6 is 0 Å². The van der Waals surface area contributed by atoms with Crippen molar-refractivity contribution in [2.45, 2.75) is 30.7 Å². The topological polar surface area (TPSA) is 40.5 Å². The highest BCUT2D eigenvalue weighted by Crippen LogP contribution is 2.58. The predicted molar refractivity (Wildman–Crippen MR) is 110 cm³/mol. The molecular weight excluding hydrogens is 365 g/mol. The summed E-state index contributed by atoms with van der Waals surface area (Å²) < 4.78 is 13.6. The van der Waals surface area contributed by atoms with E-state index >= 15 is 0 Å². The van der Waals surface area contributed by atoms with E-state index < -0.39 is 5.97 Å². The normalized spacial score (nSPS) is 30.8. The van der Waals surface area contributed by atoms with Crippen LogP contribution in [0.1, 0.15) is 57.8 Å². The molecule has 2 aromatic carbocycles. The Morgan fingerprint density at radius 2 is 1.69 bits per heavy atom. The second-order valence-electron chi connectivity index (χ2n) is 8.76. The van der Waals surface area contributed by atoms with Gasteiger partial charge >= 0.3 is 5.97 Å². The van der Waals surface area contributed by atoms with E-state index in [-0.39, 0.29) is 23.7 Å². The van der Waals surface area contributed by atoms with Crippen molar-refractivity contribution in [2.24, 2.45) is 11.8 Å². The number of halogens is 1. The van der Waals surface area contributed by atoms with Gasteiger partial charge in [0, 0.05) is 24.1 Å². The molecule has 146 valence electrons. The first-order valence-corrected chi connectivity index (χ1v) is 10.4. The molecule has 2 heterocycles. The first-order chi connectivity index (χ1) is 14.1. The third-order valence-corrected chi connectivity index (χ3v) is 7.31. The number of nitrogens with zero attached hydrogens (tertiary/aromatic N) is 1. The maximum atomic E-state index is 13.6. The number of carbonyl (C=O) groups is 1. The molecule has 3 nitrogen and oxygen atoms in total. The van der Waals surface area contributed by atoms with Crippen molar-refractivity contribution < 1.29 is 14.3 Å². The van der Waals surface area contributed by atoms with Crippen LogP contribution in [0.5, 0.6) is 0 Å². The number of aromatic carboxylic acids is 1. The van der Waals surface area contributed by atoms with Gasteiger partial charge in [-0.2, -0.15) is 0 Å². The molecule has 5 atom stereocenters. The number of carboxylic acids is 1. The highest BCUT2D eigenvalue weighted by Gasteiger charge is 2.48. The molecule has 0 saturated heterocycles. The van der Waals surface area contributed by atoms with Crippen molar-refractivity contribution >= 4 is 11.7 Å². The van der Waals surface area contributed by atoms with E-state index in [0.29, 0.717) is 17.4 Å². The lowest BCUT2D eigenvalue weighted by atomic mass is 9.70. The van der Waals surface area contributed by atoms with Crippen molar-refractivity contribution in [3.05, 3.63) is 88.8 Å². The number of benzene rings is 2. The lowest BCUT2D eigenvalue weighted by Gasteiger charge is -2.51. The summed E-state index contributed by atoms with van der Waals surface area (Å²) in [4.78, 5) is 14.4. The van der Waals surface area contributed by atoms with E-state index in [1.807, 2.05) is 24.3 Å². The second-order valence-corrected chi connectivity index (χ2v) is 8.76.